The summed E-state index contributed by atoms with van der Waals surface area (Å²) < 4.78 is 5.38. The van der Waals surface area contributed by atoms with Gasteiger partial charge in [0.05, 0.1) is 12.8 Å². The molecule has 4 nitrogen and oxygen atoms in total. The Hall–Kier alpha value is -2.36. The topological polar surface area (TPSA) is 46.6 Å². The number of carbonyl (C=O) groups excluding carboxylic acids is 2. The highest BCUT2D eigenvalue weighted by atomic mass is 16.5. The fourth-order valence-electron chi connectivity index (χ4n) is 2.87. The number of rotatable bonds is 1. The number of ketones is 1. The van der Waals surface area contributed by atoms with E-state index in [0.29, 0.717) is 12.2 Å². The number of hydrogen-bond acceptors (Lipinski definition) is 3. The summed E-state index contributed by atoms with van der Waals surface area (Å²) in [4.78, 5) is 25.3. The molecule has 0 saturated heterocycles. The number of hydrogen-bond donors (Lipinski definition) is 0. The van der Waals surface area contributed by atoms with Crippen LogP contribution in [-0.2, 0) is 15.0 Å². The molecule has 0 radical (unpaired) electrons. The molecule has 0 unspecified atom stereocenters. The standard InChI is InChI=1S/C16H15NO3/c1-17-14(19)10-16(8-6-11(18)7-9-16)12-4-3-5-13(20-2)15(12)17/h3-9H,10H2,1-2H3. The van der Waals surface area contributed by atoms with E-state index in [4.69, 9.17) is 4.74 Å². The largest absolute Gasteiger partial charge is 0.495 e. The van der Waals surface area contributed by atoms with Gasteiger partial charge in [-0.05, 0) is 23.8 Å². The zero-order chi connectivity index (χ0) is 14.3. The van der Waals surface area contributed by atoms with Gasteiger partial charge in [0.15, 0.2) is 5.78 Å². The van der Waals surface area contributed by atoms with Crippen LogP contribution in [0.1, 0.15) is 12.0 Å². The summed E-state index contributed by atoms with van der Waals surface area (Å²) in [7, 11) is 3.34. The lowest BCUT2D eigenvalue weighted by Crippen LogP contribution is -2.41. The Labute approximate surface area is 117 Å². The van der Waals surface area contributed by atoms with Crippen LogP contribution in [0.4, 0.5) is 5.69 Å². The van der Waals surface area contributed by atoms with Crippen molar-refractivity contribution in [3.8, 4) is 5.75 Å². The molecule has 0 bridgehead atoms. The molecule has 20 heavy (non-hydrogen) atoms. The van der Waals surface area contributed by atoms with Gasteiger partial charge in [-0.3, -0.25) is 9.59 Å². The molecule has 4 heteroatoms. The molecule has 0 N–H and O–H groups in total. The van der Waals surface area contributed by atoms with E-state index >= 15 is 0 Å². The Kier molecular flexibility index (Phi) is 2.74. The van der Waals surface area contributed by atoms with Crippen LogP contribution >= 0.6 is 0 Å². The zero-order valence-electron chi connectivity index (χ0n) is 11.4. The first kappa shape index (κ1) is 12.7. The highest BCUT2D eigenvalue weighted by Crippen LogP contribution is 2.47. The smallest absolute Gasteiger partial charge is 0.228 e. The molecule has 102 valence electrons. The normalized spacial score (nSPS) is 19.4. The second-order valence-corrected chi connectivity index (χ2v) is 5.10. The Bertz CT molecular complexity index is 642. The third-order valence-electron chi connectivity index (χ3n) is 3.96. The van der Waals surface area contributed by atoms with Gasteiger partial charge in [-0.1, -0.05) is 24.3 Å². The Balaban J connectivity index is 2.26. The average Bonchev–Trinajstić information content (AvgIpc) is 2.47. The maximum atomic E-state index is 12.3. The minimum absolute atomic E-state index is 0.00523. The molecule has 0 fully saturated rings. The van der Waals surface area contributed by atoms with Gasteiger partial charge < -0.3 is 9.64 Å². The number of fused-ring (bicyclic) bond motifs is 2. The van der Waals surface area contributed by atoms with E-state index in [9.17, 15) is 9.59 Å². The van der Waals surface area contributed by atoms with E-state index in [0.717, 1.165) is 11.3 Å². The summed E-state index contributed by atoms with van der Waals surface area (Å²) in [6.45, 7) is 0. The third kappa shape index (κ3) is 1.68. The monoisotopic (exact) mass is 269 g/mol. The predicted octanol–water partition coefficient (Wildman–Crippen LogP) is 1.99. The van der Waals surface area contributed by atoms with Crippen molar-refractivity contribution in [2.45, 2.75) is 11.8 Å². The Morgan fingerprint density at radius 3 is 2.55 bits per heavy atom. The molecule has 1 amide bonds. The Morgan fingerprint density at radius 1 is 1.20 bits per heavy atom. The maximum Gasteiger partial charge on any atom is 0.228 e. The molecule has 0 aromatic heterocycles. The molecule has 1 aromatic carbocycles. The molecule has 1 aliphatic heterocycles. The van der Waals surface area contributed by atoms with E-state index in [1.54, 1.807) is 19.1 Å². The van der Waals surface area contributed by atoms with E-state index in [1.165, 1.54) is 12.2 Å². The summed E-state index contributed by atoms with van der Waals surface area (Å²) in [6.07, 6.45) is 7.02. The van der Waals surface area contributed by atoms with Gasteiger partial charge in [-0.15, -0.1) is 0 Å². The van der Waals surface area contributed by atoms with Crippen molar-refractivity contribution >= 4 is 17.4 Å². The zero-order valence-corrected chi connectivity index (χ0v) is 11.4. The van der Waals surface area contributed by atoms with Gasteiger partial charge in [0.25, 0.3) is 0 Å². The SMILES string of the molecule is COc1cccc2c1N(C)C(=O)CC21C=CC(=O)C=C1. The summed E-state index contributed by atoms with van der Waals surface area (Å²) in [5.41, 5.74) is 1.22. The fourth-order valence-corrected chi connectivity index (χ4v) is 2.87. The number of para-hydroxylation sites is 1. The molecule has 1 aliphatic carbocycles. The van der Waals surface area contributed by atoms with Gasteiger partial charge in [0.2, 0.25) is 5.91 Å². The summed E-state index contributed by atoms with van der Waals surface area (Å²) in [5, 5.41) is 0. The number of allylic oxidation sites excluding steroid dienone is 4. The first-order chi connectivity index (χ1) is 9.57. The number of amides is 1. The average molecular weight is 269 g/mol. The summed E-state index contributed by atoms with van der Waals surface area (Å²) in [5.74, 6) is 0.619. The minimum atomic E-state index is -0.540. The van der Waals surface area contributed by atoms with Crippen molar-refractivity contribution in [1.82, 2.24) is 0 Å². The summed E-state index contributed by atoms with van der Waals surface area (Å²) in [6, 6.07) is 5.72. The molecular weight excluding hydrogens is 254 g/mol. The first-order valence-electron chi connectivity index (χ1n) is 6.44. The van der Waals surface area contributed by atoms with E-state index in [2.05, 4.69) is 0 Å². The van der Waals surface area contributed by atoms with Gasteiger partial charge in [-0.2, -0.15) is 0 Å². The molecule has 1 aromatic rings. The van der Waals surface area contributed by atoms with Gasteiger partial charge >= 0.3 is 0 Å². The van der Waals surface area contributed by atoms with Crippen LogP contribution in [0, 0.1) is 0 Å². The van der Waals surface area contributed by atoms with Crippen LogP contribution in [0.15, 0.2) is 42.5 Å². The summed E-state index contributed by atoms with van der Waals surface area (Å²) >= 11 is 0. The van der Waals surface area contributed by atoms with Crippen molar-refractivity contribution in [2.24, 2.45) is 0 Å². The predicted molar refractivity (Wildman–Crippen MR) is 76.0 cm³/mol. The van der Waals surface area contributed by atoms with Crippen LogP contribution < -0.4 is 9.64 Å². The number of nitrogens with zero attached hydrogens (tertiary/aromatic N) is 1. The quantitative estimate of drug-likeness (QED) is 0.783. The molecule has 1 heterocycles. The lowest BCUT2D eigenvalue weighted by Gasteiger charge is -2.39. The van der Waals surface area contributed by atoms with Crippen molar-refractivity contribution in [1.29, 1.82) is 0 Å². The minimum Gasteiger partial charge on any atom is -0.495 e. The number of benzene rings is 1. The maximum absolute atomic E-state index is 12.3. The number of anilines is 1. The second-order valence-electron chi connectivity index (χ2n) is 5.10. The molecular formula is C16H15NO3. The highest BCUT2D eigenvalue weighted by Gasteiger charge is 2.41. The lowest BCUT2D eigenvalue weighted by molar-refractivity contribution is -0.119. The van der Waals surface area contributed by atoms with Crippen molar-refractivity contribution < 1.29 is 14.3 Å². The van der Waals surface area contributed by atoms with Crippen molar-refractivity contribution in [3.05, 3.63) is 48.1 Å². The molecule has 0 saturated carbocycles. The van der Waals surface area contributed by atoms with Crippen LogP contribution in [0.25, 0.3) is 0 Å². The van der Waals surface area contributed by atoms with Crippen LogP contribution in [-0.4, -0.2) is 25.8 Å². The van der Waals surface area contributed by atoms with E-state index in [1.807, 2.05) is 30.4 Å². The molecule has 3 rings (SSSR count). The van der Waals surface area contributed by atoms with Crippen LogP contribution in [0.2, 0.25) is 0 Å². The molecule has 1 spiro atoms. The third-order valence-corrected chi connectivity index (χ3v) is 3.96. The lowest BCUT2D eigenvalue weighted by atomic mass is 9.71. The van der Waals surface area contributed by atoms with E-state index < -0.39 is 5.41 Å². The van der Waals surface area contributed by atoms with Crippen LogP contribution in [0.3, 0.4) is 0 Å². The van der Waals surface area contributed by atoms with Gasteiger partial charge in [0.1, 0.15) is 5.75 Å². The van der Waals surface area contributed by atoms with E-state index in [-0.39, 0.29) is 11.7 Å². The number of methoxy groups -OCH3 is 1. The number of ether oxygens (including phenoxy) is 1. The van der Waals surface area contributed by atoms with Crippen molar-refractivity contribution in [2.75, 3.05) is 19.1 Å². The fraction of sp³-hybridized carbons (Fsp3) is 0.250. The van der Waals surface area contributed by atoms with Gasteiger partial charge in [0, 0.05) is 18.9 Å². The van der Waals surface area contributed by atoms with Crippen molar-refractivity contribution in [3.63, 3.8) is 0 Å². The first-order valence-corrected chi connectivity index (χ1v) is 6.44. The van der Waals surface area contributed by atoms with Crippen LogP contribution in [0.5, 0.6) is 5.75 Å². The number of carbonyl (C=O) groups is 2. The molecule has 2 aliphatic rings. The Morgan fingerprint density at radius 2 is 1.90 bits per heavy atom. The highest BCUT2D eigenvalue weighted by molar-refractivity contribution is 6.04. The molecule has 0 atom stereocenters. The second kappa shape index (κ2) is 4.34. The van der Waals surface area contributed by atoms with Gasteiger partial charge in [-0.25, -0.2) is 0 Å².